The predicted molar refractivity (Wildman–Crippen MR) is 76.2 cm³/mol. The van der Waals surface area contributed by atoms with Crippen LogP contribution >= 0.6 is 0 Å². The van der Waals surface area contributed by atoms with Crippen LogP contribution in [0.1, 0.15) is 25.8 Å². The molecule has 0 radical (unpaired) electrons. The third-order valence-electron chi connectivity index (χ3n) is 3.99. The second-order valence-corrected chi connectivity index (χ2v) is 5.61. The van der Waals surface area contributed by atoms with Gasteiger partial charge in [0.25, 0.3) is 0 Å². The van der Waals surface area contributed by atoms with Crippen LogP contribution in [0, 0.1) is 0 Å². The molecule has 118 valence electrons. The minimum absolute atomic E-state index is 0.128. The lowest BCUT2D eigenvalue weighted by Crippen LogP contribution is -2.49. The molecule has 1 aromatic carbocycles. The molecule has 0 aromatic heterocycles. The van der Waals surface area contributed by atoms with Gasteiger partial charge in [0.2, 0.25) is 0 Å². The van der Waals surface area contributed by atoms with E-state index in [0.717, 1.165) is 24.2 Å². The summed E-state index contributed by atoms with van der Waals surface area (Å²) in [6, 6.07) is 7.80. The molecule has 0 aliphatic carbocycles. The molecule has 1 atom stereocenters. The normalized spacial score (nSPS) is 22.8. The average molecular weight is 302 g/mol. The number of ether oxygens (including phenoxy) is 1. The van der Waals surface area contributed by atoms with Crippen molar-refractivity contribution in [2.24, 2.45) is 0 Å². The molecule has 0 amide bonds. The first-order valence-corrected chi connectivity index (χ1v) is 7.11. The van der Waals surface area contributed by atoms with Gasteiger partial charge >= 0.3 is 6.36 Å². The van der Waals surface area contributed by atoms with E-state index in [1.165, 1.54) is 0 Å². The third kappa shape index (κ3) is 4.35. The minimum atomic E-state index is -4.57. The number of para-hydroxylation sites is 1. The van der Waals surface area contributed by atoms with Crippen molar-refractivity contribution in [3.8, 4) is 0 Å². The van der Waals surface area contributed by atoms with Crippen molar-refractivity contribution in [2.75, 3.05) is 24.6 Å². The van der Waals surface area contributed by atoms with E-state index in [-0.39, 0.29) is 18.7 Å². The van der Waals surface area contributed by atoms with Crippen LogP contribution in [-0.4, -0.2) is 31.6 Å². The number of fused-ring (bicyclic) bond motifs is 1. The van der Waals surface area contributed by atoms with Crippen LogP contribution in [0.2, 0.25) is 0 Å². The Morgan fingerprint density at radius 1 is 1.33 bits per heavy atom. The first-order valence-electron chi connectivity index (χ1n) is 7.11. The van der Waals surface area contributed by atoms with Gasteiger partial charge in [0.1, 0.15) is 0 Å². The van der Waals surface area contributed by atoms with E-state index < -0.39 is 6.36 Å². The third-order valence-corrected chi connectivity index (χ3v) is 3.99. The Kier molecular flexibility index (Phi) is 4.78. The number of rotatable bonds is 4. The first kappa shape index (κ1) is 16.1. The van der Waals surface area contributed by atoms with E-state index in [0.29, 0.717) is 6.54 Å². The van der Waals surface area contributed by atoms with Crippen LogP contribution in [0.25, 0.3) is 0 Å². The van der Waals surface area contributed by atoms with Gasteiger partial charge in [-0.25, -0.2) is 0 Å². The summed E-state index contributed by atoms with van der Waals surface area (Å²) in [6.07, 6.45) is -3.67. The summed E-state index contributed by atoms with van der Waals surface area (Å²) in [7, 11) is 0. The lowest BCUT2D eigenvalue weighted by molar-refractivity contribution is -0.323. The molecular formula is C15H21F3N2O. The van der Waals surface area contributed by atoms with Crippen LogP contribution in [0.15, 0.2) is 24.3 Å². The zero-order chi connectivity index (χ0) is 15.5. The van der Waals surface area contributed by atoms with Gasteiger partial charge in [-0.15, -0.1) is 13.2 Å². The quantitative estimate of drug-likeness (QED) is 0.923. The van der Waals surface area contributed by atoms with Crippen LogP contribution in [0.5, 0.6) is 0 Å². The summed E-state index contributed by atoms with van der Waals surface area (Å²) in [5, 5.41) is 3.50. The highest BCUT2D eigenvalue weighted by Crippen LogP contribution is 2.27. The highest BCUT2D eigenvalue weighted by Gasteiger charge is 2.32. The SMILES string of the molecule is CCC1(C)CN(CCOC(F)(F)F)c2ccccc2CN1. The monoisotopic (exact) mass is 302 g/mol. The van der Waals surface area contributed by atoms with Gasteiger partial charge in [-0.3, -0.25) is 4.74 Å². The smallest absolute Gasteiger partial charge is 0.367 e. The first-order chi connectivity index (χ1) is 9.83. The maximum absolute atomic E-state index is 12.2. The number of hydrogen-bond donors (Lipinski definition) is 1. The van der Waals surface area contributed by atoms with E-state index in [2.05, 4.69) is 23.9 Å². The zero-order valence-corrected chi connectivity index (χ0v) is 12.3. The van der Waals surface area contributed by atoms with E-state index in [1.54, 1.807) is 0 Å². The summed E-state index contributed by atoms with van der Waals surface area (Å²) in [5.41, 5.74) is 1.95. The molecule has 1 aliphatic heterocycles. The predicted octanol–water partition coefficient (Wildman–Crippen LogP) is 3.30. The van der Waals surface area contributed by atoms with Crippen molar-refractivity contribution in [1.82, 2.24) is 5.32 Å². The minimum Gasteiger partial charge on any atom is -0.367 e. The van der Waals surface area contributed by atoms with E-state index in [9.17, 15) is 13.2 Å². The Hall–Kier alpha value is -1.27. The lowest BCUT2D eigenvalue weighted by Gasteiger charge is -2.34. The average Bonchev–Trinajstić information content (AvgIpc) is 2.56. The lowest BCUT2D eigenvalue weighted by atomic mass is 9.98. The van der Waals surface area contributed by atoms with Gasteiger partial charge in [0.15, 0.2) is 0 Å². The topological polar surface area (TPSA) is 24.5 Å². The molecule has 1 heterocycles. The molecule has 0 fully saturated rings. The summed E-state index contributed by atoms with van der Waals surface area (Å²) in [6.45, 7) is 5.40. The summed E-state index contributed by atoms with van der Waals surface area (Å²) < 4.78 is 40.4. The Balaban J connectivity index is 2.14. The fourth-order valence-corrected chi connectivity index (χ4v) is 2.55. The molecule has 1 unspecified atom stereocenters. The summed E-state index contributed by atoms with van der Waals surface area (Å²) >= 11 is 0. The molecule has 2 rings (SSSR count). The fraction of sp³-hybridized carbons (Fsp3) is 0.600. The van der Waals surface area contributed by atoms with Crippen molar-refractivity contribution < 1.29 is 17.9 Å². The Bertz CT molecular complexity index is 478. The maximum Gasteiger partial charge on any atom is 0.522 e. The number of alkyl halides is 3. The van der Waals surface area contributed by atoms with Crippen molar-refractivity contribution in [3.05, 3.63) is 29.8 Å². The van der Waals surface area contributed by atoms with Gasteiger partial charge in [-0.1, -0.05) is 25.1 Å². The van der Waals surface area contributed by atoms with E-state index in [4.69, 9.17) is 0 Å². The van der Waals surface area contributed by atoms with Gasteiger partial charge in [-0.2, -0.15) is 0 Å². The van der Waals surface area contributed by atoms with Gasteiger partial charge in [-0.05, 0) is 25.0 Å². The Morgan fingerprint density at radius 3 is 2.71 bits per heavy atom. The zero-order valence-electron chi connectivity index (χ0n) is 12.3. The second-order valence-electron chi connectivity index (χ2n) is 5.61. The Morgan fingerprint density at radius 2 is 2.05 bits per heavy atom. The van der Waals surface area contributed by atoms with Gasteiger partial charge in [0.05, 0.1) is 6.61 Å². The van der Waals surface area contributed by atoms with Crippen LogP contribution in [-0.2, 0) is 11.3 Å². The molecule has 0 spiro atoms. The number of hydrogen-bond acceptors (Lipinski definition) is 3. The van der Waals surface area contributed by atoms with E-state index >= 15 is 0 Å². The molecule has 0 saturated carbocycles. The van der Waals surface area contributed by atoms with Crippen molar-refractivity contribution >= 4 is 5.69 Å². The molecule has 0 saturated heterocycles. The number of nitrogens with zero attached hydrogens (tertiary/aromatic N) is 1. The van der Waals surface area contributed by atoms with E-state index in [1.807, 2.05) is 29.2 Å². The standard InChI is InChI=1S/C15H21F3N2O/c1-3-14(2)11-20(8-9-21-15(16,17)18)13-7-5-4-6-12(13)10-19-14/h4-7,19H,3,8-11H2,1-2H3. The van der Waals surface area contributed by atoms with Crippen molar-refractivity contribution in [3.63, 3.8) is 0 Å². The molecular weight excluding hydrogens is 281 g/mol. The highest BCUT2D eigenvalue weighted by molar-refractivity contribution is 5.55. The van der Waals surface area contributed by atoms with Crippen molar-refractivity contribution in [1.29, 1.82) is 0 Å². The number of nitrogens with one attached hydrogen (secondary N) is 1. The molecule has 1 aliphatic rings. The van der Waals surface area contributed by atoms with Crippen LogP contribution in [0.3, 0.4) is 0 Å². The fourth-order valence-electron chi connectivity index (χ4n) is 2.55. The second kappa shape index (κ2) is 6.23. The van der Waals surface area contributed by atoms with Crippen LogP contribution in [0.4, 0.5) is 18.9 Å². The molecule has 21 heavy (non-hydrogen) atoms. The molecule has 0 bridgehead atoms. The molecule has 3 nitrogen and oxygen atoms in total. The molecule has 6 heteroatoms. The summed E-state index contributed by atoms with van der Waals surface area (Å²) in [5.74, 6) is 0. The maximum atomic E-state index is 12.2. The van der Waals surface area contributed by atoms with Gasteiger partial charge < -0.3 is 10.2 Å². The van der Waals surface area contributed by atoms with Crippen molar-refractivity contribution in [2.45, 2.75) is 38.7 Å². The highest BCUT2D eigenvalue weighted by atomic mass is 19.4. The van der Waals surface area contributed by atoms with Gasteiger partial charge in [0, 0.05) is 30.9 Å². The van der Waals surface area contributed by atoms with Crippen LogP contribution < -0.4 is 10.2 Å². The summed E-state index contributed by atoms with van der Waals surface area (Å²) in [4.78, 5) is 1.98. The Labute approximate surface area is 123 Å². The molecule has 1 aromatic rings. The molecule has 1 N–H and O–H groups in total. The number of benzene rings is 1. The number of halogens is 3. The number of anilines is 1. The largest absolute Gasteiger partial charge is 0.522 e.